The van der Waals surface area contributed by atoms with E-state index in [-0.39, 0.29) is 12.6 Å². The van der Waals surface area contributed by atoms with E-state index in [1.807, 2.05) is 24.3 Å². The largest absolute Gasteiger partial charge is 0.394 e. The number of benzene rings is 1. The van der Waals surface area contributed by atoms with Crippen LogP contribution in [0.25, 0.3) is 0 Å². The van der Waals surface area contributed by atoms with Crippen molar-refractivity contribution < 1.29 is 9.84 Å². The molecule has 4 nitrogen and oxygen atoms in total. The van der Waals surface area contributed by atoms with Gasteiger partial charge in [-0.1, -0.05) is 24.4 Å². The quantitative estimate of drug-likeness (QED) is 0.768. The zero-order valence-corrected chi connectivity index (χ0v) is 10.3. The van der Waals surface area contributed by atoms with Gasteiger partial charge < -0.3 is 20.5 Å². The molecule has 0 saturated carbocycles. The molecule has 1 fully saturated rings. The monoisotopic (exact) mass is 252 g/mol. The summed E-state index contributed by atoms with van der Waals surface area (Å²) in [7, 11) is 0. The fourth-order valence-corrected chi connectivity index (χ4v) is 2.23. The smallest absolute Gasteiger partial charge is 0.106 e. The van der Waals surface area contributed by atoms with E-state index in [4.69, 9.17) is 22.7 Å². The second kappa shape index (κ2) is 5.44. The van der Waals surface area contributed by atoms with E-state index < -0.39 is 0 Å². The van der Waals surface area contributed by atoms with Crippen molar-refractivity contribution in [2.45, 2.75) is 6.04 Å². The summed E-state index contributed by atoms with van der Waals surface area (Å²) in [5.41, 5.74) is 7.54. The van der Waals surface area contributed by atoms with Gasteiger partial charge in [-0.25, -0.2) is 0 Å². The van der Waals surface area contributed by atoms with Crippen LogP contribution in [0.5, 0.6) is 0 Å². The topological polar surface area (TPSA) is 58.7 Å². The van der Waals surface area contributed by atoms with E-state index >= 15 is 0 Å². The summed E-state index contributed by atoms with van der Waals surface area (Å²) in [4.78, 5) is 2.49. The first kappa shape index (κ1) is 12.3. The van der Waals surface area contributed by atoms with Gasteiger partial charge in [-0.2, -0.15) is 0 Å². The van der Waals surface area contributed by atoms with Gasteiger partial charge in [0.2, 0.25) is 0 Å². The summed E-state index contributed by atoms with van der Waals surface area (Å²) in [6.45, 7) is 1.99. The Kier molecular flexibility index (Phi) is 3.93. The van der Waals surface area contributed by atoms with E-state index in [2.05, 4.69) is 4.90 Å². The van der Waals surface area contributed by atoms with E-state index in [0.717, 1.165) is 17.8 Å². The molecule has 1 aromatic rings. The highest BCUT2D eigenvalue weighted by atomic mass is 32.1. The van der Waals surface area contributed by atoms with Crippen molar-refractivity contribution in [2.24, 2.45) is 5.73 Å². The average molecular weight is 252 g/mol. The van der Waals surface area contributed by atoms with Crippen LogP contribution in [-0.2, 0) is 4.74 Å². The zero-order chi connectivity index (χ0) is 12.3. The molecule has 2 rings (SSSR count). The molecular formula is C12H16N2O2S. The summed E-state index contributed by atoms with van der Waals surface area (Å²) in [6, 6.07) is 7.71. The number of nitrogens with two attached hydrogens (primary N) is 1. The number of hydrogen-bond acceptors (Lipinski definition) is 4. The van der Waals surface area contributed by atoms with E-state index in [1.54, 1.807) is 0 Å². The molecule has 1 saturated heterocycles. The van der Waals surface area contributed by atoms with Crippen molar-refractivity contribution >= 4 is 22.9 Å². The number of morpholine rings is 1. The lowest BCUT2D eigenvalue weighted by Gasteiger charge is -2.37. The Hall–Kier alpha value is -1.17. The van der Waals surface area contributed by atoms with Gasteiger partial charge in [0, 0.05) is 17.8 Å². The number of para-hydroxylation sites is 1. The third-order valence-electron chi connectivity index (χ3n) is 2.92. The fourth-order valence-electron chi connectivity index (χ4n) is 2.06. The first-order valence-electron chi connectivity index (χ1n) is 5.58. The van der Waals surface area contributed by atoms with E-state index in [0.29, 0.717) is 18.2 Å². The van der Waals surface area contributed by atoms with Crippen molar-refractivity contribution in [1.82, 2.24) is 0 Å². The Bertz CT molecular complexity index is 411. The van der Waals surface area contributed by atoms with Crippen LogP contribution in [0.15, 0.2) is 24.3 Å². The maximum absolute atomic E-state index is 9.37. The summed E-state index contributed by atoms with van der Waals surface area (Å²) in [6.07, 6.45) is 0. The molecule has 1 unspecified atom stereocenters. The maximum atomic E-state index is 9.37. The SMILES string of the molecule is NC(=S)c1ccccc1N1CCOCC1CO. The number of anilines is 1. The van der Waals surface area contributed by atoms with Gasteiger partial charge in [0.25, 0.3) is 0 Å². The van der Waals surface area contributed by atoms with Gasteiger partial charge in [-0.15, -0.1) is 0 Å². The predicted octanol–water partition coefficient (Wildman–Crippen LogP) is 0.518. The molecule has 17 heavy (non-hydrogen) atoms. The van der Waals surface area contributed by atoms with Crippen molar-refractivity contribution in [3.05, 3.63) is 29.8 Å². The van der Waals surface area contributed by atoms with Crippen LogP contribution in [-0.4, -0.2) is 42.5 Å². The summed E-state index contributed by atoms with van der Waals surface area (Å²) < 4.78 is 5.36. The number of rotatable bonds is 3. The van der Waals surface area contributed by atoms with Crippen molar-refractivity contribution in [1.29, 1.82) is 0 Å². The minimum absolute atomic E-state index is 0.0285. The minimum atomic E-state index is -0.0285. The highest BCUT2D eigenvalue weighted by molar-refractivity contribution is 7.80. The third-order valence-corrected chi connectivity index (χ3v) is 3.14. The van der Waals surface area contributed by atoms with Crippen LogP contribution in [0.2, 0.25) is 0 Å². The molecule has 3 N–H and O–H groups in total. The molecule has 5 heteroatoms. The van der Waals surface area contributed by atoms with Gasteiger partial charge in [0.1, 0.15) is 4.99 Å². The fraction of sp³-hybridized carbons (Fsp3) is 0.417. The van der Waals surface area contributed by atoms with Crippen LogP contribution in [0.4, 0.5) is 5.69 Å². The van der Waals surface area contributed by atoms with E-state index in [9.17, 15) is 5.11 Å². The molecular weight excluding hydrogens is 236 g/mol. The Morgan fingerprint density at radius 2 is 2.29 bits per heavy atom. The normalized spacial score (nSPS) is 20.3. The van der Waals surface area contributed by atoms with Gasteiger partial charge >= 0.3 is 0 Å². The lowest BCUT2D eigenvalue weighted by molar-refractivity contribution is 0.0727. The van der Waals surface area contributed by atoms with Gasteiger partial charge in [-0.3, -0.25) is 0 Å². The van der Waals surface area contributed by atoms with Crippen LogP contribution in [0.3, 0.4) is 0 Å². The van der Waals surface area contributed by atoms with Crippen molar-refractivity contribution in [3.8, 4) is 0 Å². The summed E-state index contributed by atoms with van der Waals surface area (Å²) in [5, 5.41) is 9.37. The molecule has 0 radical (unpaired) electrons. The number of aliphatic hydroxyl groups is 1. The molecule has 1 aliphatic rings. The molecule has 1 aromatic carbocycles. The molecule has 0 aliphatic carbocycles. The first-order valence-corrected chi connectivity index (χ1v) is 5.99. The molecule has 0 spiro atoms. The van der Waals surface area contributed by atoms with Crippen molar-refractivity contribution in [2.75, 3.05) is 31.3 Å². The number of thiocarbonyl (C=S) groups is 1. The van der Waals surface area contributed by atoms with Gasteiger partial charge in [0.15, 0.2) is 0 Å². The number of hydrogen-bond donors (Lipinski definition) is 2. The third kappa shape index (κ3) is 2.57. The van der Waals surface area contributed by atoms with Gasteiger partial charge in [-0.05, 0) is 12.1 Å². The molecule has 1 atom stereocenters. The number of ether oxygens (including phenoxy) is 1. The van der Waals surface area contributed by atoms with Crippen LogP contribution in [0, 0.1) is 0 Å². The molecule has 1 heterocycles. The number of aliphatic hydroxyl groups excluding tert-OH is 1. The highest BCUT2D eigenvalue weighted by Gasteiger charge is 2.24. The van der Waals surface area contributed by atoms with Crippen molar-refractivity contribution in [3.63, 3.8) is 0 Å². The zero-order valence-electron chi connectivity index (χ0n) is 9.50. The Morgan fingerprint density at radius 3 is 3.00 bits per heavy atom. The standard InChI is InChI=1S/C12H16N2O2S/c13-12(17)10-3-1-2-4-11(10)14-5-6-16-8-9(14)7-15/h1-4,9,15H,5-8H2,(H2,13,17). The maximum Gasteiger partial charge on any atom is 0.106 e. The molecule has 92 valence electrons. The Balaban J connectivity index is 2.34. The summed E-state index contributed by atoms with van der Waals surface area (Å²) >= 11 is 5.05. The number of nitrogens with zero attached hydrogens (tertiary/aromatic N) is 1. The second-order valence-electron chi connectivity index (χ2n) is 3.99. The van der Waals surface area contributed by atoms with Crippen LogP contribution >= 0.6 is 12.2 Å². The lowest BCUT2D eigenvalue weighted by atomic mass is 10.1. The predicted molar refractivity (Wildman–Crippen MR) is 71.4 cm³/mol. The lowest BCUT2D eigenvalue weighted by Crippen LogP contribution is -2.48. The van der Waals surface area contributed by atoms with E-state index in [1.165, 1.54) is 0 Å². The summed E-state index contributed by atoms with van der Waals surface area (Å²) in [5.74, 6) is 0. The molecule has 0 aromatic heterocycles. The first-order chi connectivity index (χ1) is 8.24. The molecule has 0 amide bonds. The van der Waals surface area contributed by atoms with Crippen LogP contribution in [0.1, 0.15) is 5.56 Å². The molecule has 0 bridgehead atoms. The Morgan fingerprint density at radius 1 is 1.53 bits per heavy atom. The Labute approximate surface area is 106 Å². The van der Waals surface area contributed by atoms with Gasteiger partial charge in [0.05, 0.1) is 25.9 Å². The van der Waals surface area contributed by atoms with Crippen LogP contribution < -0.4 is 10.6 Å². The minimum Gasteiger partial charge on any atom is -0.394 e. The highest BCUT2D eigenvalue weighted by Crippen LogP contribution is 2.24. The molecule has 1 aliphatic heterocycles. The average Bonchev–Trinajstić information content (AvgIpc) is 2.38. The second-order valence-corrected chi connectivity index (χ2v) is 4.43.